The van der Waals surface area contributed by atoms with Crippen molar-refractivity contribution in [2.75, 3.05) is 13.1 Å². The van der Waals surface area contributed by atoms with Crippen LogP contribution < -0.4 is 11.1 Å². The number of rotatable bonds is 6. The highest BCUT2D eigenvalue weighted by Gasteiger charge is 1.95. The number of nitrogens with one attached hydrogen (secondary N) is 1. The third-order valence-electron chi connectivity index (χ3n) is 2.66. The SMILES string of the molecule is CCCN=C(N)NCCc1ccc(CC)cc1. The van der Waals surface area contributed by atoms with Crippen LogP contribution in [0.4, 0.5) is 0 Å². The first-order valence-corrected chi connectivity index (χ1v) is 6.37. The molecule has 0 saturated heterocycles. The Morgan fingerprint density at radius 3 is 2.41 bits per heavy atom. The fraction of sp³-hybridized carbons (Fsp3) is 0.500. The Hall–Kier alpha value is -1.51. The van der Waals surface area contributed by atoms with Gasteiger partial charge in [0.1, 0.15) is 0 Å². The van der Waals surface area contributed by atoms with E-state index >= 15 is 0 Å². The van der Waals surface area contributed by atoms with Crippen molar-refractivity contribution < 1.29 is 0 Å². The summed E-state index contributed by atoms with van der Waals surface area (Å²) in [6, 6.07) is 8.73. The third kappa shape index (κ3) is 5.38. The summed E-state index contributed by atoms with van der Waals surface area (Å²) in [7, 11) is 0. The van der Waals surface area contributed by atoms with Crippen LogP contribution in [0.1, 0.15) is 31.4 Å². The average Bonchev–Trinajstić information content (AvgIpc) is 2.37. The largest absolute Gasteiger partial charge is 0.370 e. The van der Waals surface area contributed by atoms with E-state index in [-0.39, 0.29) is 0 Å². The minimum Gasteiger partial charge on any atom is -0.370 e. The first-order valence-electron chi connectivity index (χ1n) is 6.37. The number of nitrogens with two attached hydrogens (primary N) is 1. The molecule has 1 rings (SSSR count). The Morgan fingerprint density at radius 1 is 1.18 bits per heavy atom. The summed E-state index contributed by atoms with van der Waals surface area (Å²) in [6.07, 6.45) is 3.10. The lowest BCUT2D eigenvalue weighted by Crippen LogP contribution is -2.33. The molecule has 0 radical (unpaired) electrons. The van der Waals surface area contributed by atoms with Gasteiger partial charge in [-0.05, 0) is 30.4 Å². The highest BCUT2D eigenvalue weighted by atomic mass is 15.1. The molecule has 0 bridgehead atoms. The fourth-order valence-electron chi connectivity index (χ4n) is 1.56. The van der Waals surface area contributed by atoms with Gasteiger partial charge in [-0.25, -0.2) is 0 Å². The molecule has 94 valence electrons. The standard InChI is InChI=1S/C14H23N3/c1-3-10-16-14(15)17-11-9-13-7-5-12(4-2)6-8-13/h5-8H,3-4,9-11H2,1-2H3,(H3,15,16,17). The summed E-state index contributed by atoms with van der Waals surface area (Å²) >= 11 is 0. The lowest BCUT2D eigenvalue weighted by molar-refractivity contribution is 0.839. The summed E-state index contributed by atoms with van der Waals surface area (Å²) in [5, 5.41) is 3.12. The lowest BCUT2D eigenvalue weighted by Gasteiger charge is -2.06. The van der Waals surface area contributed by atoms with Gasteiger partial charge >= 0.3 is 0 Å². The minimum atomic E-state index is 0.553. The minimum absolute atomic E-state index is 0.553. The molecule has 3 heteroatoms. The van der Waals surface area contributed by atoms with Crippen molar-refractivity contribution in [2.24, 2.45) is 10.7 Å². The van der Waals surface area contributed by atoms with E-state index in [1.807, 2.05) is 0 Å². The second kappa shape index (κ2) is 7.71. The van der Waals surface area contributed by atoms with Gasteiger partial charge in [-0.1, -0.05) is 38.1 Å². The molecular formula is C14H23N3. The summed E-state index contributed by atoms with van der Waals surface area (Å²) in [5.74, 6) is 0.553. The molecule has 0 aliphatic heterocycles. The second-order valence-electron chi connectivity index (χ2n) is 4.11. The molecule has 0 aliphatic rings. The quantitative estimate of drug-likeness (QED) is 0.584. The molecule has 1 aromatic carbocycles. The van der Waals surface area contributed by atoms with Gasteiger partial charge < -0.3 is 11.1 Å². The smallest absolute Gasteiger partial charge is 0.188 e. The van der Waals surface area contributed by atoms with Crippen LogP contribution in [0, 0.1) is 0 Å². The van der Waals surface area contributed by atoms with Crippen molar-refractivity contribution in [3.63, 3.8) is 0 Å². The van der Waals surface area contributed by atoms with E-state index in [1.165, 1.54) is 11.1 Å². The van der Waals surface area contributed by atoms with Gasteiger partial charge in [0.2, 0.25) is 0 Å². The Labute approximate surface area is 104 Å². The molecular weight excluding hydrogens is 210 g/mol. The number of aryl methyl sites for hydroxylation is 1. The number of hydrogen-bond donors (Lipinski definition) is 2. The van der Waals surface area contributed by atoms with Crippen LogP contribution in [0.25, 0.3) is 0 Å². The number of aliphatic imine (C=N–C) groups is 1. The molecule has 0 unspecified atom stereocenters. The maximum Gasteiger partial charge on any atom is 0.188 e. The highest BCUT2D eigenvalue weighted by Crippen LogP contribution is 2.05. The van der Waals surface area contributed by atoms with Crippen LogP contribution in [-0.4, -0.2) is 19.0 Å². The van der Waals surface area contributed by atoms with E-state index < -0.39 is 0 Å². The van der Waals surface area contributed by atoms with Crippen molar-refractivity contribution in [2.45, 2.75) is 33.1 Å². The van der Waals surface area contributed by atoms with Crippen LogP contribution in [-0.2, 0) is 12.8 Å². The molecule has 0 amide bonds. The Morgan fingerprint density at radius 2 is 1.82 bits per heavy atom. The van der Waals surface area contributed by atoms with Crippen molar-refractivity contribution in [1.29, 1.82) is 0 Å². The maximum atomic E-state index is 5.71. The molecule has 0 fully saturated rings. The molecule has 0 aromatic heterocycles. The number of benzene rings is 1. The molecule has 3 nitrogen and oxygen atoms in total. The van der Waals surface area contributed by atoms with Gasteiger partial charge in [-0.3, -0.25) is 4.99 Å². The number of hydrogen-bond acceptors (Lipinski definition) is 1. The first-order chi connectivity index (χ1) is 8.26. The Bertz CT molecular complexity index is 341. The van der Waals surface area contributed by atoms with Crippen LogP contribution in [0.5, 0.6) is 0 Å². The molecule has 0 atom stereocenters. The normalized spacial score (nSPS) is 11.5. The Balaban J connectivity index is 2.30. The number of nitrogens with zero attached hydrogens (tertiary/aromatic N) is 1. The zero-order valence-corrected chi connectivity index (χ0v) is 10.9. The monoisotopic (exact) mass is 233 g/mol. The van der Waals surface area contributed by atoms with Crippen molar-refractivity contribution in [3.05, 3.63) is 35.4 Å². The predicted octanol–water partition coefficient (Wildman–Crippen LogP) is 2.11. The van der Waals surface area contributed by atoms with Gasteiger partial charge in [0.15, 0.2) is 5.96 Å². The van der Waals surface area contributed by atoms with E-state index in [0.29, 0.717) is 5.96 Å². The van der Waals surface area contributed by atoms with Gasteiger partial charge in [-0.15, -0.1) is 0 Å². The van der Waals surface area contributed by atoms with E-state index in [9.17, 15) is 0 Å². The molecule has 3 N–H and O–H groups in total. The molecule has 17 heavy (non-hydrogen) atoms. The second-order valence-corrected chi connectivity index (χ2v) is 4.11. The first kappa shape index (κ1) is 13.6. The average molecular weight is 233 g/mol. The zero-order chi connectivity index (χ0) is 12.5. The molecule has 0 saturated carbocycles. The van der Waals surface area contributed by atoms with Gasteiger partial charge in [0, 0.05) is 13.1 Å². The number of guanidine groups is 1. The van der Waals surface area contributed by atoms with Crippen LogP contribution >= 0.6 is 0 Å². The van der Waals surface area contributed by atoms with Crippen molar-refractivity contribution in [1.82, 2.24) is 5.32 Å². The molecule has 0 aliphatic carbocycles. The van der Waals surface area contributed by atoms with Crippen LogP contribution in [0.3, 0.4) is 0 Å². The Kier molecular flexibility index (Phi) is 6.15. The highest BCUT2D eigenvalue weighted by molar-refractivity contribution is 5.77. The summed E-state index contributed by atoms with van der Waals surface area (Å²) in [6.45, 7) is 5.89. The fourth-order valence-corrected chi connectivity index (χ4v) is 1.56. The van der Waals surface area contributed by atoms with E-state index in [2.05, 4.69) is 48.4 Å². The van der Waals surface area contributed by atoms with Gasteiger partial charge in [-0.2, -0.15) is 0 Å². The zero-order valence-electron chi connectivity index (χ0n) is 10.9. The maximum absolute atomic E-state index is 5.71. The summed E-state index contributed by atoms with van der Waals surface area (Å²) in [4.78, 5) is 4.18. The van der Waals surface area contributed by atoms with Crippen molar-refractivity contribution >= 4 is 5.96 Å². The van der Waals surface area contributed by atoms with Crippen LogP contribution in [0.2, 0.25) is 0 Å². The topological polar surface area (TPSA) is 50.4 Å². The van der Waals surface area contributed by atoms with Crippen LogP contribution in [0.15, 0.2) is 29.3 Å². The summed E-state index contributed by atoms with van der Waals surface area (Å²) in [5.41, 5.74) is 8.42. The van der Waals surface area contributed by atoms with E-state index in [1.54, 1.807) is 0 Å². The molecule has 0 heterocycles. The van der Waals surface area contributed by atoms with Crippen molar-refractivity contribution in [3.8, 4) is 0 Å². The molecule has 0 spiro atoms. The van der Waals surface area contributed by atoms with Gasteiger partial charge in [0.05, 0.1) is 0 Å². The van der Waals surface area contributed by atoms with E-state index in [0.717, 1.165) is 32.4 Å². The van der Waals surface area contributed by atoms with Gasteiger partial charge in [0.25, 0.3) is 0 Å². The predicted molar refractivity (Wildman–Crippen MR) is 74.3 cm³/mol. The summed E-state index contributed by atoms with van der Waals surface area (Å²) < 4.78 is 0. The molecule has 1 aromatic rings. The lowest BCUT2D eigenvalue weighted by atomic mass is 10.1. The third-order valence-corrected chi connectivity index (χ3v) is 2.66. The van der Waals surface area contributed by atoms with E-state index in [4.69, 9.17) is 5.73 Å².